The molecule has 0 bridgehead atoms. The normalized spacial score (nSPS) is 11.5. The summed E-state index contributed by atoms with van der Waals surface area (Å²) in [5.74, 6) is -0.279. The number of nitrogens with zero attached hydrogens (tertiary/aromatic N) is 1. The maximum Gasteiger partial charge on any atom is 0.187 e. The van der Waals surface area contributed by atoms with Crippen LogP contribution in [0.15, 0.2) is 53.9 Å². The molecule has 1 N–H and O–H groups in total. The largest absolute Gasteiger partial charge is 0.329 e. The highest BCUT2D eigenvalue weighted by atomic mass is 32.1. The van der Waals surface area contributed by atoms with E-state index in [2.05, 4.69) is 55.3 Å². The van der Waals surface area contributed by atoms with Crippen LogP contribution in [0.2, 0.25) is 0 Å². The minimum atomic E-state index is -0.279. The molecule has 0 fully saturated rings. The molecule has 0 amide bonds. The van der Waals surface area contributed by atoms with Crippen molar-refractivity contribution in [2.24, 2.45) is 0 Å². The summed E-state index contributed by atoms with van der Waals surface area (Å²) in [7, 11) is 0. The Morgan fingerprint density at radius 2 is 1.83 bits per heavy atom. The Balaban J connectivity index is 1.86. The highest BCUT2D eigenvalue weighted by molar-refractivity contribution is 7.14. The molecule has 0 aliphatic heterocycles. The van der Waals surface area contributed by atoms with E-state index < -0.39 is 0 Å². The van der Waals surface area contributed by atoms with E-state index in [4.69, 9.17) is 0 Å². The number of aromatic nitrogens is 1. The third-order valence-electron chi connectivity index (χ3n) is 3.64. The standard InChI is InChI=1S/C19H19FN2S/c1-19(2,3)14-8-6-7-13(11-14)17-12-23-18(22-17)21-16-10-5-4-9-15(16)20/h4-12H,1-3H3,(H,21,22). The van der Waals surface area contributed by atoms with Crippen molar-refractivity contribution >= 4 is 22.2 Å². The van der Waals surface area contributed by atoms with Crippen molar-refractivity contribution in [1.82, 2.24) is 4.98 Å². The fourth-order valence-electron chi connectivity index (χ4n) is 2.29. The lowest BCUT2D eigenvalue weighted by Crippen LogP contribution is -2.10. The van der Waals surface area contributed by atoms with Gasteiger partial charge in [0.1, 0.15) is 5.82 Å². The van der Waals surface area contributed by atoms with Gasteiger partial charge in [-0.1, -0.05) is 51.1 Å². The molecule has 2 nitrogen and oxygen atoms in total. The van der Waals surface area contributed by atoms with Gasteiger partial charge in [0.05, 0.1) is 11.4 Å². The number of hydrogen-bond acceptors (Lipinski definition) is 3. The molecular formula is C19H19FN2S. The van der Waals surface area contributed by atoms with E-state index in [1.54, 1.807) is 18.2 Å². The molecule has 0 saturated carbocycles. The zero-order valence-corrected chi connectivity index (χ0v) is 14.2. The lowest BCUT2D eigenvalue weighted by atomic mass is 9.86. The summed E-state index contributed by atoms with van der Waals surface area (Å²) in [4.78, 5) is 4.58. The predicted octanol–water partition coefficient (Wildman–Crippen LogP) is 5.99. The molecule has 0 aliphatic rings. The van der Waals surface area contributed by atoms with Crippen LogP contribution < -0.4 is 5.32 Å². The average Bonchev–Trinajstić information content (AvgIpc) is 2.98. The molecule has 0 aliphatic carbocycles. The van der Waals surface area contributed by atoms with E-state index in [9.17, 15) is 4.39 Å². The molecule has 0 spiro atoms. The van der Waals surface area contributed by atoms with Crippen LogP contribution in [0.1, 0.15) is 26.3 Å². The van der Waals surface area contributed by atoms with E-state index in [1.807, 2.05) is 5.38 Å². The summed E-state index contributed by atoms with van der Waals surface area (Å²) < 4.78 is 13.7. The van der Waals surface area contributed by atoms with Gasteiger partial charge in [0.15, 0.2) is 5.13 Å². The zero-order chi connectivity index (χ0) is 16.4. The highest BCUT2D eigenvalue weighted by Crippen LogP contribution is 2.31. The topological polar surface area (TPSA) is 24.9 Å². The molecule has 2 aromatic carbocycles. The Kier molecular flexibility index (Phi) is 4.18. The van der Waals surface area contributed by atoms with Crippen molar-refractivity contribution in [2.45, 2.75) is 26.2 Å². The average molecular weight is 326 g/mol. The first-order valence-corrected chi connectivity index (χ1v) is 8.39. The number of anilines is 2. The molecule has 1 heterocycles. The van der Waals surface area contributed by atoms with Crippen LogP contribution >= 0.6 is 11.3 Å². The molecule has 0 atom stereocenters. The smallest absolute Gasteiger partial charge is 0.187 e. The van der Waals surface area contributed by atoms with Gasteiger partial charge in [-0.2, -0.15) is 0 Å². The van der Waals surface area contributed by atoms with Gasteiger partial charge in [-0.05, 0) is 29.2 Å². The quantitative estimate of drug-likeness (QED) is 0.639. The Morgan fingerprint density at radius 1 is 1.04 bits per heavy atom. The van der Waals surface area contributed by atoms with Crippen molar-refractivity contribution in [3.8, 4) is 11.3 Å². The minimum Gasteiger partial charge on any atom is -0.329 e. The lowest BCUT2D eigenvalue weighted by Gasteiger charge is -2.19. The van der Waals surface area contributed by atoms with Gasteiger partial charge in [0.2, 0.25) is 0 Å². The van der Waals surface area contributed by atoms with Crippen molar-refractivity contribution in [2.75, 3.05) is 5.32 Å². The van der Waals surface area contributed by atoms with Crippen molar-refractivity contribution in [3.05, 3.63) is 65.3 Å². The molecule has 0 radical (unpaired) electrons. The van der Waals surface area contributed by atoms with Crippen LogP contribution in [0.3, 0.4) is 0 Å². The first-order valence-electron chi connectivity index (χ1n) is 7.51. The fraction of sp³-hybridized carbons (Fsp3) is 0.211. The van der Waals surface area contributed by atoms with Crippen molar-refractivity contribution in [3.63, 3.8) is 0 Å². The van der Waals surface area contributed by atoms with Crippen LogP contribution in [0.25, 0.3) is 11.3 Å². The molecule has 118 valence electrons. The van der Waals surface area contributed by atoms with E-state index in [0.29, 0.717) is 10.8 Å². The van der Waals surface area contributed by atoms with E-state index in [-0.39, 0.29) is 11.2 Å². The zero-order valence-electron chi connectivity index (χ0n) is 13.4. The van der Waals surface area contributed by atoms with Gasteiger partial charge in [-0.3, -0.25) is 0 Å². The van der Waals surface area contributed by atoms with Crippen LogP contribution in [-0.4, -0.2) is 4.98 Å². The summed E-state index contributed by atoms with van der Waals surface area (Å²) in [5, 5.41) is 5.72. The minimum absolute atomic E-state index is 0.0975. The Morgan fingerprint density at radius 3 is 2.57 bits per heavy atom. The van der Waals surface area contributed by atoms with Crippen LogP contribution in [0.5, 0.6) is 0 Å². The molecule has 0 saturated heterocycles. The summed E-state index contributed by atoms with van der Waals surface area (Å²) in [6, 6.07) is 15.0. The van der Waals surface area contributed by atoms with Crippen LogP contribution in [0, 0.1) is 5.82 Å². The van der Waals surface area contributed by atoms with Crippen molar-refractivity contribution in [1.29, 1.82) is 0 Å². The number of halogens is 1. The molecule has 3 aromatic rings. The second-order valence-electron chi connectivity index (χ2n) is 6.47. The van der Waals surface area contributed by atoms with Gasteiger partial charge in [-0.15, -0.1) is 11.3 Å². The van der Waals surface area contributed by atoms with Gasteiger partial charge in [0, 0.05) is 10.9 Å². The van der Waals surface area contributed by atoms with Gasteiger partial charge in [-0.25, -0.2) is 9.37 Å². The molecule has 0 unspecified atom stereocenters. The maximum atomic E-state index is 13.7. The SMILES string of the molecule is CC(C)(C)c1cccc(-c2csc(Nc3ccccc3F)n2)c1. The van der Waals surface area contributed by atoms with E-state index >= 15 is 0 Å². The number of thiazole rings is 1. The first-order chi connectivity index (χ1) is 10.9. The monoisotopic (exact) mass is 326 g/mol. The maximum absolute atomic E-state index is 13.7. The van der Waals surface area contributed by atoms with Gasteiger partial charge < -0.3 is 5.32 Å². The summed E-state index contributed by atoms with van der Waals surface area (Å²) in [6.45, 7) is 6.58. The van der Waals surface area contributed by atoms with E-state index in [0.717, 1.165) is 11.3 Å². The first kappa shape index (κ1) is 15.7. The number of benzene rings is 2. The Labute approximate surface area is 140 Å². The molecule has 4 heteroatoms. The predicted molar refractivity (Wildman–Crippen MR) is 95.9 cm³/mol. The van der Waals surface area contributed by atoms with Crippen LogP contribution in [0.4, 0.5) is 15.2 Å². The second-order valence-corrected chi connectivity index (χ2v) is 7.33. The third kappa shape index (κ3) is 3.59. The summed E-state index contributed by atoms with van der Waals surface area (Å²) in [6.07, 6.45) is 0. The summed E-state index contributed by atoms with van der Waals surface area (Å²) in [5.41, 5.74) is 3.79. The Hall–Kier alpha value is -2.20. The lowest BCUT2D eigenvalue weighted by molar-refractivity contribution is 0.590. The van der Waals surface area contributed by atoms with E-state index in [1.165, 1.54) is 23.0 Å². The molecule has 23 heavy (non-hydrogen) atoms. The van der Waals surface area contributed by atoms with Crippen molar-refractivity contribution < 1.29 is 4.39 Å². The fourth-order valence-corrected chi connectivity index (χ4v) is 3.02. The molecule has 3 rings (SSSR count). The second kappa shape index (κ2) is 6.13. The molecular weight excluding hydrogens is 307 g/mol. The number of nitrogens with one attached hydrogen (secondary N) is 1. The number of hydrogen-bond donors (Lipinski definition) is 1. The Bertz CT molecular complexity index is 818. The third-order valence-corrected chi connectivity index (χ3v) is 4.40. The highest BCUT2D eigenvalue weighted by Gasteiger charge is 2.15. The van der Waals surface area contributed by atoms with Gasteiger partial charge in [0.25, 0.3) is 0 Å². The summed E-state index contributed by atoms with van der Waals surface area (Å²) >= 11 is 1.47. The van der Waals surface area contributed by atoms with Crippen LogP contribution in [-0.2, 0) is 5.41 Å². The number of para-hydroxylation sites is 1. The number of rotatable bonds is 3. The van der Waals surface area contributed by atoms with Gasteiger partial charge >= 0.3 is 0 Å². The molecule has 1 aromatic heterocycles.